The number of hydrogen-bond donors (Lipinski definition) is 1. The van der Waals surface area contributed by atoms with Gasteiger partial charge in [0.2, 0.25) is 11.8 Å². The van der Waals surface area contributed by atoms with Crippen molar-refractivity contribution in [2.45, 2.75) is 11.3 Å². The molecule has 0 aliphatic carbocycles. The third-order valence-electron chi connectivity index (χ3n) is 2.56. The van der Waals surface area contributed by atoms with Crippen molar-refractivity contribution in [3.8, 4) is 11.5 Å². The first kappa shape index (κ1) is 13.7. The summed E-state index contributed by atoms with van der Waals surface area (Å²) in [5, 5.41) is 10.8. The van der Waals surface area contributed by atoms with Gasteiger partial charge in [-0.3, -0.25) is 0 Å². The smallest absolute Gasteiger partial charge is 0.247 e. The van der Waals surface area contributed by atoms with E-state index in [4.69, 9.17) is 4.42 Å². The number of aromatic nitrogens is 2. The molecule has 2 aromatic rings. The van der Waals surface area contributed by atoms with Gasteiger partial charge in [-0.25, -0.2) is 8.42 Å². The molecule has 0 aliphatic heterocycles. The highest BCUT2D eigenvalue weighted by molar-refractivity contribution is 7.90. The van der Waals surface area contributed by atoms with E-state index in [0.29, 0.717) is 23.8 Å². The summed E-state index contributed by atoms with van der Waals surface area (Å²) in [6.07, 6.45) is 1.80. The SMILES string of the molecule is CNCCc1nnc(-c2cccc(S(C)(=O)=O)c2)o1. The molecule has 0 saturated heterocycles. The molecule has 0 spiro atoms. The summed E-state index contributed by atoms with van der Waals surface area (Å²) in [5.41, 5.74) is 0.603. The Labute approximate surface area is 111 Å². The van der Waals surface area contributed by atoms with Crippen molar-refractivity contribution < 1.29 is 12.8 Å². The van der Waals surface area contributed by atoms with E-state index >= 15 is 0 Å². The van der Waals surface area contributed by atoms with Crippen LogP contribution < -0.4 is 5.32 Å². The van der Waals surface area contributed by atoms with Crippen LogP contribution in [0, 0.1) is 0 Å². The molecule has 102 valence electrons. The molecule has 1 aromatic heterocycles. The van der Waals surface area contributed by atoms with E-state index in [2.05, 4.69) is 15.5 Å². The fraction of sp³-hybridized carbons (Fsp3) is 0.333. The summed E-state index contributed by atoms with van der Waals surface area (Å²) in [6.45, 7) is 0.741. The van der Waals surface area contributed by atoms with E-state index < -0.39 is 9.84 Å². The van der Waals surface area contributed by atoms with Crippen LogP contribution in [0.5, 0.6) is 0 Å². The fourth-order valence-electron chi connectivity index (χ4n) is 1.56. The summed E-state index contributed by atoms with van der Waals surface area (Å²) in [4.78, 5) is 0.236. The maximum Gasteiger partial charge on any atom is 0.247 e. The second kappa shape index (κ2) is 5.50. The van der Waals surface area contributed by atoms with Gasteiger partial charge in [0, 0.05) is 24.8 Å². The lowest BCUT2D eigenvalue weighted by atomic mass is 10.2. The van der Waals surface area contributed by atoms with Gasteiger partial charge in [0.05, 0.1) is 4.90 Å². The number of nitrogens with one attached hydrogen (secondary N) is 1. The molecular weight excluding hydrogens is 266 g/mol. The zero-order chi connectivity index (χ0) is 13.9. The minimum Gasteiger partial charge on any atom is -0.421 e. The van der Waals surface area contributed by atoms with Crippen LogP contribution in [0.4, 0.5) is 0 Å². The van der Waals surface area contributed by atoms with E-state index in [1.807, 2.05) is 7.05 Å². The minimum atomic E-state index is -3.24. The van der Waals surface area contributed by atoms with Gasteiger partial charge in [0.1, 0.15) is 0 Å². The van der Waals surface area contributed by atoms with Crippen molar-refractivity contribution in [1.29, 1.82) is 0 Å². The van der Waals surface area contributed by atoms with Crippen LogP contribution in [-0.2, 0) is 16.3 Å². The summed E-state index contributed by atoms with van der Waals surface area (Å²) in [7, 11) is -1.40. The number of hydrogen-bond acceptors (Lipinski definition) is 6. The van der Waals surface area contributed by atoms with Gasteiger partial charge < -0.3 is 9.73 Å². The predicted octanol–water partition coefficient (Wildman–Crippen LogP) is 0.902. The zero-order valence-electron chi connectivity index (χ0n) is 10.8. The van der Waals surface area contributed by atoms with Gasteiger partial charge in [0.25, 0.3) is 0 Å². The molecule has 0 atom stereocenters. The lowest BCUT2D eigenvalue weighted by molar-refractivity contribution is 0.500. The molecule has 0 bridgehead atoms. The van der Waals surface area contributed by atoms with Gasteiger partial charge in [-0.1, -0.05) is 6.07 Å². The number of sulfone groups is 1. The van der Waals surface area contributed by atoms with Crippen LogP contribution in [0.3, 0.4) is 0 Å². The predicted molar refractivity (Wildman–Crippen MR) is 70.5 cm³/mol. The van der Waals surface area contributed by atoms with Crippen LogP contribution in [0.1, 0.15) is 5.89 Å². The van der Waals surface area contributed by atoms with Crippen LogP contribution >= 0.6 is 0 Å². The molecule has 0 unspecified atom stereocenters. The van der Waals surface area contributed by atoms with E-state index in [1.165, 1.54) is 12.1 Å². The second-order valence-electron chi connectivity index (χ2n) is 4.15. The molecule has 0 saturated carbocycles. The van der Waals surface area contributed by atoms with Crippen molar-refractivity contribution in [3.63, 3.8) is 0 Å². The second-order valence-corrected chi connectivity index (χ2v) is 6.17. The molecule has 0 fully saturated rings. The summed E-state index contributed by atoms with van der Waals surface area (Å²) >= 11 is 0. The van der Waals surface area contributed by atoms with E-state index in [0.717, 1.165) is 12.8 Å². The fourth-order valence-corrected chi connectivity index (χ4v) is 2.23. The normalized spacial score (nSPS) is 11.7. The third kappa shape index (κ3) is 3.39. The van der Waals surface area contributed by atoms with Crippen molar-refractivity contribution >= 4 is 9.84 Å². The average molecular weight is 281 g/mol. The van der Waals surface area contributed by atoms with Gasteiger partial charge in [-0.15, -0.1) is 10.2 Å². The van der Waals surface area contributed by atoms with Crippen LogP contribution in [0.25, 0.3) is 11.5 Å². The lowest BCUT2D eigenvalue weighted by Gasteiger charge is -1.99. The van der Waals surface area contributed by atoms with Crippen LogP contribution in [-0.4, -0.2) is 38.5 Å². The maximum absolute atomic E-state index is 11.5. The highest BCUT2D eigenvalue weighted by atomic mass is 32.2. The molecular formula is C12H15N3O3S. The Morgan fingerprint density at radius 2 is 2.11 bits per heavy atom. The molecule has 1 heterocycles. The Morgan fingerprint density at radius 3 is 2.79 bits per heavy atom. The van der Waals surface area contributed by atoms with Crippen molar-refractivity contribution in [2.75, 3.05) is 19.8 Å². The van der Waals surface area contributed by atoms with Crippen LogP contribution in [0.15, 0.2) is 33.6 Å². The van der Waals surface area contributed by atoms with Crippen molar-refractivity contribution in [3.05, 3.63) is 30.2 Å². The average Bonchev–Trinajstić information content (AvgIpc) is 2.84. The standard InChI is InChI=1S/C12H15N3O3S/c1-13-7-6-11-14-15-12(18-11)9-4-3-5-10(8-9)19(2,16)17/h3-5,8,13H,6-7H2,1-2H3. The molecule has 1 aromatic carbocycles. The monoisotopic (exact) mass is 281 g/mol. The Morgan fingerprint density at radius 1 is 1.32 bits per heavy atom. The van der Waals surface area contributed by atoms with Crippen molar-refractivity contribution in [2.24, 2.45) is 0 Å². The Bertz CT molecular complexity index is 664. The van der Waals surface area contributed by atoms with Gasteiger partial charge in [0.15, 0.2) is 9.84 Å². The Kier molecular flexibility index (Phi) is 3.96. The third-order valence-corrected chi connectivity index (χ3v) is 3.68. The van der Waals surface area contributed by atoms with Gasteiger partial charge in [-0.05, 0) is 25.2 Å². The Balaban J connectivity index is 2.29. The molecule has 0 radical (unpaired) electrons. The van der Waals surface area contributed by atoms with Crippen LogP contribution in [0.2, 0.25) is 0 Å². The summed E-state index contributed by atoms with van der Waals surface area (Å²) < 4.78 is 28.5. The van der Waals surface area contributed by atoms with E-state index in [-0.39, 0.29) is 4.90 Å². The molecule has 0 aliphatic rings. The molecule has 19 heavy (non-hydrogen) atoms. The summed E-state index contributed by atoms with van der Waals surface area (Å²) in [5.74, 6) is 0.853. The highest BCUT2D eigenvalue weighted by Crippen LogP contribution is 2.21. The first-order valence-corrected chi connectivity index (χ1v) is 7.67. The van der Waals surface area contributed by atoms with Gasteiger partial charge >= 0.3 is 0 Å². The van der Waals surface area contributed by atoms with E-state index in [1.54, 1.807) is 12.1 Å². The largest absolute Gasteiger partial charge is 0.421 e. The molecule has 7 heteroatoms. The molecule has 1 N–H and O–H groups in total. The first-order chi connectivity index (χ1) is 9.00. The highest BCUT2D eigenvalue weighted by Gasteiger charge is 2.12. The topological polar surface area (TPSA) is 85.1 Å². The maximum atomic E-state index is 11.5. The quantitative estimate of drug-likeness (QED) is 0.876. The molecule has 2 rings (SSSR count). The van der Waals surface area contributed by atoms with Gasteiger partial charge in [-0.2, -0.15) is 0 Å². The zero-order valence-corrected chi connectivity index (χ0v) is 11.6. The molecule has 0 amide bonds. The number of benzene rings is 1. The first-order valence-electron chi connectivity index (χ1n) is 5.78. The minimum absolute atomic E-state index is 0.236. The number of likely N-dealkylation sites (N-methyl/N-ethyl adjacent to an activating group) is 1. The van der Waals surface area contributed by atoms with Crippen molar-refractivity contribution in [1.82, 2.24) is 15.5 Å². The Hall–Kier alpha value is -1.73. The number of rotatable bonds is 5. The summed E-state index contributed by atoms with van der Waals surface area (Å²) in [6, 6.07) is 6.47. The molecule has 6 nitrogen and oxygen atoms in total. The lowest BCUT2D eigenvalue weighted by Crippen LogP contribution is -2.10. The number of nitrogens with zero attached hydrogens (tertiary/aromatic N) is 2. The van der Waals surface area contributed by atoms with E-state index in [9.17, 15) is 8.42 Å².